The van der Waals surface area contributed by atoms with Gasteiger partial charge >= 0.3 is 0 Å². The van der Waals surface area contributed by atoms with Gasteiger partial charge in [0.1, 0.15) is 5.82 Å². The molecular formula is C22H15ClFN3OS. The smallest absolute Gasteiger partial charge is 0.196 e. The standard InChI is InChI=1S/C22H15ClFN3OS/c23-17-11-5-4-10-16(17)21-25-26-22(27(21)19-13-7-6-12-18(19)24)29-14-20(28)15-8-2-1-3-9-15/h1-13H,14H2. The van der Waals surface area contributed by atoms with Crippen molar-refractivity contribution in [2.45, 2.75) is 5.16 Å². The summed E-state index contributed by atoms with van der Waals surface area (Å²) in [7, 11) is 0. The van der Waals surface area contributed by atoms with Crippen molar-refractivity contribution < 1.29 is 9.18 Å². The molecule has 0 aliphatic rings. The van der Waals surface area contributed by atoms with Gasteiger partial charge in [0.25, 0.3) is 0 Å². The van der Waals surface area contributed by atoms with Crippen LogP contribution < -0.4 is 0 Å². The summed E-state index contributed by atoms with van der Waals surface area (Å²) in [5.41, 5.74) is 1.54. The number of benzene rings is 3. The number of aromatic nitrogens is 3. The summed E-state index contributed by atoms with van der Waals surface area (Å²) in [5, 5.41) is 9.35. The van der Waals surface area contributed by atoms with Gasteiger partial charge in [-0.1, -0.05) is 78.0 Å². The van der Waals surface area contributed by atoms with Crippen LogP contribution in [0.2, 0.25) is 5.02 Å². The lowest BCUT2D eigenvalue weighted by atomic mass is 10.2. The van der Waals surface area contributed by atoms with E-state index in [1.807, 2.05) is 30.3 Å². The van der Waals surface area contributed by atoms with Gasteiger partial charge in [-0.25, -0.2) is 4.39 Å². The van der Waals surface area contributed by atoms with Crippen molar-refractivity contribution in [2.24, 2.45) is 0 Å². The minimum absolute atomic E-state index is 0.0435. The monoisotopic (exact) mass is 423 g/mol. The Bertz CT molecular complexity index is 1160. The first kappa shape index (κ1) is 19.4. The molecule has 0 unspecified atom stereocenters. The average molecular weight is 424 g/mol. The van der Waals surface area contributed by atoms with Crippen LogP contribution in [-0.4, -0.2) is 26.3 Å². The fourth-order valence-corrected chi connectivity index (χ4v) is 3.93. The van der Waals surface area contributed by atoms with E-state index >= 15 is 0 Å². The van der Waals surface area contributed by atoms with Gasteiger partial charge in [0.15, 0.2) is 16.8 Å². The predicted octanol–water partition coefficient (Wildman–Crippen LogP) is 5.70. The van der Waals surface area contributed by atoms with Crippen molar-refractivity contribution in [3.8, 4) is 17.1 Å². The molecule has 0 radical (unpaired) electrons. The summed E-state index contributed by atoms with van der Waals surface area (Å²) in [6.07, 6.45) is 0. The van der Waals surface area contributed by atoms with Crippen LogP contribution in [0.5, 0.6) is 0 Å². The molecule has 4 nitrogen and oxygen atoms in total. The van der Waals surface area contributed by atoms with Crippen LogP contribution in [0.4, 0.5) is 4.39 Å². The van der Waals surface area contributed by atoms with Crippen LogP contribution in [0.25, 0.3) is 17.1 Å². The quantitative estimate of drug-likeness (QED) is 0.295. The Morgan fingerprint density at radius 1 is 0.931 bits per heavy atom. The van der Waals surface area contributed by atoms with E-state index in [0.717, 1.165) is 0 Å². The number of Topliss-reactive ketones (excluding diaryl/α,β-unsaturated/α-hetero) is 1. The summed E-state index contributed by atoms with van der Waals surface area (Å²) in [6.45, 7) is 0. The highest BCUT2D eigenvalue weighted by Crippen LogP contribution is 2.32. The molecule has 4 aromatic rings. The molecule has 0 bridgehead atoms. The molecule has 1 aromatic heterocycles. The zero-order valence-corrected chi connectivity index (χ0v) is 16.7. The Morgan fingerprint density at radius 2 is 1.62 bits per heavy atom. The number of halogens is 2. The minimum atomic E-state index is -0.420. The fourth-order valence-electron chi connectivity index (χ4n) is 2.87. The Kier molecular flexibility index (Phi) is 5.74. The number of hydrogen-bond donors (Lipinski definition) is 0. The third kappa shape index (κ3) is 4.09. The number of thioether (sulfide) groups is 1. The number of nitrogens with zero attached hydrogens (tertiary/aromatic N) is 3. The van der Waals surface area contributed by atoms with Crippen molar-refractivity contribution in [1.82, 2.24) is 14.8 Å². The van der Waals surface area contributed by atoms with E-state index < -0.39 is 5.82 Å². The topological polar surface area (TPSA) is 47.8 Å². The summed E-state index contributed by atoms with van der Waals surface area (Å²) >= 11 is 7.54. The molecule has 0 spiro atoms. The number of rotatable bonds is 6. The van der Waals surface area contributed by atoms with Crippen molar-refractivity contribution in [2.75, 3.05) is 5.75 Å². The fraction of sp³-hybridized carbons (Fsp3) is 0.0455. The van der Waals surface area contributed by atoms with E-state index in [2.05, 4.69) is 10.2 Å². The van der Waals surface area contributed by atoms with Crippen molar-refractivity contribution >= 4 is 29.1 Å². The SMILES string of the molecule is O=C(CSc1nnc(-c2ccccc2Cl)n1-c1ccccc1F)c1ccccc1. The van der Waals surface area contributed by atoms with Gasteiger partial charge in [-0.2, -0.15) is 0 Å². The molecule has 0 aliphatic heterocycles. The van der Waals surface area contributed by atoms with Gasteiger partial charge in [-0.3, -0.25) is 9.36 Å². The van der Waals surface area contributed by atoms with Gasteiger partial charge in [-0.15, -0.1) is 10.2 Å². The van der Waals surface area contributed by atoms with E-state index in [-0.39, 0.29) is 11.5 Å². The minimum Gasteiger partial charge on any atom is -0.293 e. The molecule has 0 atom stereocenters. The highest BCUT2D eigenvalue weighted by atomic mass is 35.5. The van der Waals surface area contributed by atoms with E-state index in [4.69, 9.17) is 11.6 Å². The molecule has 0 fully saturated rings. The number of ketones is 1. The lowest BCUT2D eigenvalue weighted by molar-refractivity contribution is 0.102. The van der Waals surface area contributed by atoms with E-state index in [0.29, 0.717) is 32.8 Å². The summed E-state index contributed by atoms with van der Waals surface area (Å²) < 4.78 is 16.2. The second-order valence-electron chi connectivity index (χ2n) is 6.15. The van der Waals surface area contributed by atoms with Crippen LogP contribution in [0.15, 0.2) is 84.0 Å². The van der Waals surface area contributed by atoms with Gasteiger partial charge < -0.3 is 0 Å². The van der Waals surface area contributed by atoms with Gasteiger partial charge in [0.2, 0.25) is 0 Å². The third-order valence-electron chi connectivity index (χ3n) is 4.27. The number of carbonyl (C=O) groups excluding carboxylic acids is 1. The first-order chi connectivity index (χ1) is 14.1. The lowest BCUT2D eigenvalue weighted by Crippen LogP contribution is -2.06. The third-order valence-corrected chi connectivity index (χ3v) is 5.53. The zero-order valence-electron chi connectivity index (χ0n) is 15.1. The highest BCUT2D eigenvalue weighted by molar-refractivity contribution is 7.99. The van der Waals surface area contributed by atoms with Crippen LogP contribution in [0.1, 0.15) is 10.4 Å². The maximum absolute atomic E-state index is 14.6. The first-order valence-electron chi connectivity index (χ1n) is 8.81. The Hall–Kier alpha value is -2.96. The molecule has 7 heteroatoms. The maximum atomic E-state index is 14.6. The van der Waals surface area contributed by atoms with Crippen molar-refractivity contribution in [1.29, 1.82) is 0 Å². The number of para-hydroxylation sites is 1. The number of hydrogen-bond acceptors (Lipinski definition) is 4. The maximum Gasteiger partial charge on any atom is 0.196 e. The second-order valence-corrected chi connectivity index (χ2v) is 7.50. The molecule has 0 aliphatic carbocycles. The number of carbonyl (C=O) groups is 1. The molecule has 0 N–H and O–H groups in total. The average Bonchev–Trinajstić information content (AvgIpc) is 3.16. The molecule has 144 valence electrons. The zero-order chi connectivity index (χ0) is 20.2. The molecule has 0 saturated carbocycles. The molecule has 4 rings (SSSR count). The van der Waals surface area contributed by atoms with Gasteiger partial charge in [-0.05, 0) is 24.3 Å². The van der Waals surface area contributed by atoms with Crippen molar-refractivity contribution in [3.05, 3.63) is 95.3 Å². The van der Waals surface area contributed by atoms with E-state index in [1.165, 1.54) is 17.8 Å². The summed E-state index contributed by atoms with van der Waals surface area (Å²) in [4.78, 5) is 12.5. The molecule has 0 amide bonds. The highest BCUT2D eigenvalue weighted by Gasteiger charge is 2.21. The van der Waals surface area contributed by atoms with Crippen LogP contribution in [-0.2, 0) is 0 Å². The van der Waals surface area contributed by atoms with Gasteiger partial charge in [0, 0.05) is 11.1 Å². The molecule has 3 aromatic carbocycles. The van der Waals surface area contributed by atoms with Crippen LogP contribution in [0.3, 0.4) is 0 Å². The normalized spacial score (nSPS) is 10.8. The van der Waals surface area contributed by atoms with Crippen LogP contribution >= 0.6 is 23.4 Å². The largest absolute Gasteiger partial charge is 0.293 e. The molecule has 29 heavy (non-hydrogen) atoms. The van der Waals surface area contributed by atoms with E-state index in [9.17, 15) is 9.18 Å². The molecular weight excluding hydrogens is 409 g/mol. The molecule has 1 heterocycles. The van der Waals surface area contributed by atoms with Gasteiger partial charge in [0.05, 0.1) is 16.5 Å². The predicted molar refractivity (Wildman–Crippen MR) is 113 cm³/mol. The first-order valence-corrected chi connectivity index (χ1v) is 10.2. The Labute approximate surface area is 176 Å². The summed E-state index contributed by atoms with van der Waals surface area (Å²) in [6, 6.07) is 22.5. The van der Waals surface area contributed by atoms with Crippen molar-refractivity contribution in [3.63, 3.8) is 0 Å². The summed E-state index contributed by atoms with van der Waals surface area (Å²) in [5.74, 6) is 0.101. The van der Waals surface area contributed by atoms with E-state index in [1.54, 1.807) is 47.0 Å². The Balaban J connectivity index is 1.74. The molecule has 0 saturated heterocycles. The van der Waals surface area contributed by atoms with Crippen LogP contribution in [0, 0.1) is 5.82 Å². The lowest BCUT2D eigenvalue weighted by Gasteiger charge is -2.12. The second kappa shape index (κ2) is 8.59. The Morgan fingerprint density at radius 3 is 2.38 bits per heavy atom.